The van der Waals surface area contributed by atoms with E-state index in [0.717, 1.165) is 18.5 Å². The van der Waals surface area contributed by atoms with Crippen molar-refractivity contribution in [1.82, 2.24) is 9.78 Å². The summed E-state index contributed by atoms with van der Waals surface area (Å²) in [4.78, 5) is 0. The van der Waals surface area contributed by atoms with Crippen LogP contribution < -0.4 is 0 Å². The Morgan fingerprint density at radius 3 is 2.60 bits per heavy atom. The van der Waals surface area contributed by atoms with Crippen LogP contribution in [0.25, 0.3) is 0 Å². The minimum atomic E-state index is -0.731. The Kier molecular flexibility index (Phi) is 2.19. The van der Waals surface area contributed by atoms with Gasteiger partial charge in [-0.25, -0.2) is 0 Å². The van der Waals surface area contributed by atoms with E-state index in [1.54, 1.807) is 4.68 Å². The molecule has 1 saturated carbocycles. The third-order valence-electron chi connectivity index (χ3n) is 3.58. The number of hydrogen-bond donors (Lipinski definition) is 1. The number of rotatable bonds is 1. The molecule has 1 fully saturated rings. The molecule has 15 heavy (non-hydrogen) atoms. The maximum Gasteiger partial charge on any atom is 0.111 e. The fourth-order valence-corrected chi connectivity index (χ4v) is 2.96. The summed E-state index contributed by atoms with van der Waals surface area (Å²) >= 11 is 0. The van der Waals surface area contributed by atoms with Gasteiger partial charge in [0, 0.05) is 13.2 Å². The summed E-state index contributed by atoms with van der Waals surface area (Å²) < 4.78 is 1.76. The zero-order valence-corrected chi connectivity index (χ0v) is 9.99. The average molecular weight is 208 g/mol. The summed E-state index contributed by atoms with van der Waals surface area (Å²) in [5.74, 6) is 0.280. The lowest BCUT2D eigenvalue weighted by Crippen LogP contribution is -2.29. The molecule has 0 amide bonds. The quantitative estimate of drug-likeness (QED) is 0.767. The molecule has 1 aliphatic carbocycles. The van der Waals surface area contributed by atoms with Crippen LogP contribution in [0.2, 0.25) is 0 Å². The van der Waals surface area contributed by atoms with Crippen molar-refractivity contribution in [1.29, 1.82) is 0 Å². The number of aromatic nitrogens is 2. The first kappa shape index (κ1) is 10.7. The SMILES string of the molecule is CC1CC(C)(C)CC1(O)c1ccn(C)n1. The largest absolute Gasteiger partial charge is 0.383 e. The van der Waals surface area contributed by atoms with Crippen LogP contribution in [-0.4, -0.2) is 14.9 Å². The monoisotopic (exact) mass is 208 g/mol. The molecular weight excluding hydrogens is 188 g/mol. The lowest BCUT2D eigenvalue weighted by atomic mass is 9.87. The van der Waals surface area contributed by atoms with Gasteiger partial charge in [-0.3, -0.25) is 4.68 Å². The second kappa shape index (κ2) is 3.08. The molecule has 1 aromatic heterocycles. The standard InChI is InChI=1S/C12H20N2O/c1-9-7-11(2,3)8-12(9,15)10-5-6-14(4)13-10/h5-6,9,15H,7-8H2,1-4H3. The molecule has 0 saturated heterocycles. The Morgan fingerprint density at radius 1 is 1.53 bits per heavy atom. The van der Waals surface area contributed by atoms with Crippen LogP contribution in [0.1, 0.15) is 39.3 Å². The van der Waals surface area contributed by atoms with E-state index < -0.39 is 5.60 Å². The summed E-state index contributed by atoms with van der Waals surface area (Å²) in [7, 11) is 1.89. The zero-order chi connectivity index (χ0) is 11.3. The highest BCUT2D eigenvalue weighted by molar-refractivity contribution is 5.16. The van der Waals surface area contributed by atoms with Crippen LogP contribution in [0.5, 0.6) is 0 Å². The molecule has 3 nitrogen and oxygen atoms in total. The van der Waals surface area contributed by atoms with E-state index in [-0.39, 0.29) is 11.3 Å². The van der Waals surface area contributed by atoms with Gasteiger partial charge < -0.3 is 5.11 Å². The van der Waals surface area contributed by atoms with Gasteiger partial charge in [-0.1, -0.05) is 20.8 Å². The molecule has 0 aliphatic heterocycles. The van der Waals surface area contributed by atoms with E-state index in [9.17, 15) is 5.11 Å². The van der Waals surface area contributed by atoms with Crippen LogP contribution in [0.15, 0.2) is 12.3 Å². The molecule has 0 spiro atoms. The van der Waals surface area contributed by atoms with Crippen molar-refractivity contribution in [2.24, 2.45) is 18.4 Å². The number of hydrogen-bond acceptors (Lipinski definition) is 2. The molecule has 0 bridgehead atoms. The normalized spacial score (nSPS) is 34.6. The average Bonchev–Trinajstić information content (AvgIpc) is 2.56. The fourth-order valence-electron chi connectivity index (χ4n) is 2.96. The highest BCUT2D eigenvalue weighted by Gasteiger charge is 2.49. The van der Waals surface area contributed by atoms with E-state index in [1.807, 2.05) is 19.3 Å². The smallest absolute Gasteiger partial charge is 0.111 e. The first-order valence-electron chi connectivity index (χ1n) is 5.56. The predicted molar refractivity (Wildman–Crippen MR) is 59.3 cm³/mol. The molecule has 2 unspecified atom stereocenters. The van der Waals surface area contributed by atoms with Crippen molar-refractivity contribution in [2.45, 2.75) is 39.2 Å². The van der Waals surface area contributed by atoms with E-state index in [1.165, 1.54) is 0 Å². The molecule has 0 radical (unpaired) electrons. The highest BCUT2D eigenvalue weighted by Crippen LogP contribution is 2.51. The van der Waals surface area contributed by atoms with E-state index in [4.69, 9.17) is 0 Å². The summed E-state index contributed by atoms with van der Waals surface area (Å²) in [6.07, 6.45) is 3.75. The Labute approximate surface area is 91.1 Å². The predicted octanol–water partition coefficient (Wildman–Crippen LogP) is 2.06. The summed E-state index contributed by atoms with van der Waals surface area (Å²) in [5.41, 5.74) is 0.305. The van der Waals surface area contributed by atoms with E-state index in [2.05, 4.69) is 25.9 Å². The topological polar surface area (TPSA) is 38.0 Å². The van der Waals surface area contributed by atoms with Gasteiger partial charge in [0.1, 0.15) is 5.60 Å². The fraction of sp³-hybridized carbons (Fsp3) is 0.750. The second-order valence-corrected chi connectivity index (χ2v) is 5.75. The Bertz CT molecular complexity index is 369. The molecule has 1 aromatic rings. The lowest BCUT2D eigenvalue weighted by Gasteiger charge is -2.26. The highest BCUT2D eigenvalue weighted by atomic mass is 16.3. The van der Waals surface area contributed by atoms with E-state index in [0.29, 0.717) is 0 Å². The molecule has 1 heterocycles. The molecule has 84 valence electrons. The van der Waals surface area contributed by atoms with Gasteiger partial charge in [0.2, 0.25) is 0 Å². The maximum absolute atomic E-state index is 10.7. The van der Waals surface area contributed by atoms with Gasteiger partial charge in [-0.15, -0.1) is 0 Å². The molecule has 1 aliphatic rings. The van der Waals surface area contributed by atoms with Crippen molar-refractivity contribution in [3.63, 3.8) is 0 Å². The number of aryl methyl sites for hydroxylation is 1. The van der Waals surface area contributed by atoms with Crippen LogP contribution in [-0.2, 0) is 12.6 Å². The van der Waals surface area contributed by atoms with Gasteiger partial charge in [-0.2, -0.15) is 5.10 Å². The van der Waals surface area contributed by atoms with Gasteiger partial charge in [0.05, 0.1) is 5.69 Å². The van der Waals surface area contributed by atoms with E-state index >= 15 is 0 Å². The number of nitrogens with zero attached hydrogens (tertiary/aromatic N) is 2. The first-order valence-corrected chi connectivity index (χ1v) is 5.56. The Balaban J connectivity index is 2.35. The first-order chi connectivity index (χ1) is 6.83. The molecule has 0 aromatic carbocycles. The number of aliphatic hydroxyl groups is 1. The summed E-state index contributed by atoms with van der Waals surface area (Å²) in [6.45, 7) is 6.54. The van der Waals surface area contributed by atoms with Gasteiger partial charge in [-0.05, 0) is 30.2 Å². The third-order valence-corrected chi connectivity index (χ3v) is 3.58. The minimum absolute atomic E-state index is 0.214. The zero-order valence-electron chi connectivity index (χ0n) is 9.99. The Hall–Kier alpha value is -0.830. The van der Waals surface area contributed by atoms with Crippen molar-refractivity contribution < 1.29 is 5.11 Å². The summed E-state index contributed by atoms with van der Waals surface area (Å²) in [6, 6.07) is 1.93. The third kappa shape index (κ3) is 1.69. The van der Waals surface area contributed by atoms with Crippen molar-refractivity contribution in [3.8, 4) is 0 Å². The lowest BCUT2D eigenvalue weighted by molar-refractivity contribution is -0.00544. The van der Waals surface area contributed by atoms with Gasteiger partial charge in [0.15, 0.2) is 0 Å². The molecule has 3 heteroatoms. The van der Waals surface area contributed by atoms with Crippen molar-refractivity contribution in [2.75, 3.05) is 0 Å². The van der Waals surface area contributed by atoms with Gasteiger partial charge in [0.25, 0.3) is 0 Å². The van der Waals surface area contributed by atoms with Crippen LogP contribution in [0.4, 0.5) is 0 Å². The van der Waals surface area contributed by atoms with Crippen LogP contribution >= 0.6 is 0 Å². The maximum atomic E-state index is 10.7. The molecule has 2 rings (SSSR count). The molecule has 2 atom stereocenters. The van der Waals surface area contributed by atoms with Crippen LogP contribution in [0, 0.1) is 11.3 Å². The molecule has 1 N–H and O–H groups in total. The van der Waals surface area contributed by atoms with Crippen molar-refractivity contribution in [3.05, 3.63) is 18.0 Å². The van der Waals surface area contributed by atoms with Crippen LogP contribution in [0.3, 0.4) is 0 Å². The molecular formula is C12H20N2O. The van der Waals surface area contributed by atoms with Crippen molar-refractivity contribution >= 4 is 0 Å². The van der Waals surface area contributed by atoms with Gasteiger partial charge >= 0.3 is 0 Å². The summed E-state index contributed by atoms with van der Waals surface area (Å²) in [5, 5.41) is 15.1. The minimum Gasteiger partial charge on any atom is -0.383 e. The Morgan fingerprint density at radius 2 is 2.20 bits per heavy atom. The second-order valence-electron chi connectivity index (χ2n) is 5.75.